The fourth-order valence-electron chi connectivity index (χ4n) is 6.63. The van der Waals surface area contributed by atoms with Crippen LogP contribution in [0, 0.1) is 0 Å². The van der Waals surface area contributed by atoms with Crippen LogP contribution in [0.2, 0.25) is 0 Å². The highest BCUT2D eigenvalue weighted by Gasteiger charge is 2.46. The number of nitrogens with two attached hydrogens (primary N) is 1. The second-order valence-corrected chi connectivity index (χ2v) is 11.3. The number of benzene rings is 1. The first-order valence-corrected chi connectivity index (χ1v) is 13.5. The van der Waals surface area contributed by atoms with Gasteiger partial charge in [-0.25, -0.2) is 9.97 Å². The number of rotatable bonds is 6. The quantitative estimate of drug-likeness (QED) is 0.552. The molecule has 3 saturated heterocycles. The molecule has 194 valence electrons. The number of likely N-dealkylation sites (N-methyl/N-ethyl adjacent to an activating group) is 1. The van der Waals surface area contributed by atoms with Crippen LogP contribution >= 0.6 is 0 Å². The third kappa shape index (κ3) is 3.95. The summed E-state index contributed by atoms with van der Waals surface area (Å²) < 4.78 is 14.7. The highest BCUT2D eigenvalue weighted by atomic mass is 16.6. The largest absolute Gasteiger partial charge is 0.491 e. The van der Waals surface area contributed by atoms with Gasteiger partial charge in [0.05, 0.1) is 18.0 Å². The average Bonchev–Trinajstić information content (AvgIpc) is 3.59. The Hall–Kier alpha value is -3.17. The van der Waals surface area contributed by atoms with E-state index < -0.39 is 0 Å². The Morgan fingerprint density at radius 2 is 2.00 bits per heavy atom. The van der Waals surface area contributed by atoms with Crippen molar-refractivity contribution in [3.05, 3.63) is 36.8 Å². The van der Waals surface area contributed by atoms with E-state index in [0.29, 0.717) is 37.2 Å². The van der Waals surface area contributed by atoms with E-state index >= 15 is 0 Å². The lowest BCUT2D eigenvalue weighted by atomic mass is 9.85. The van der Waals surface area contributed by atoms with E-state index in [9.17, 15) is 4.79 Å². The zero-order valence-electron chi connectivity index (χ0n) is 21.3. The molecule has 1 saturated carbocycles. The third-order valence-corrected chi connectivity index (χ3v) is 9.03. The van der Waals surface area contributed by atoms with E-state index in [1.54, 1.807) is 6.33 Å². The first kappa shape index (κ1) is 23.0. The summed E-state index contributed by atoms with van der Waals surface area (Å²) in [6, 6.07) is 8.96. The van der Waals surface area contributed by atoms with Crippen LogP contribution in [-0.4, -0.2) is 81.3 Å². The smallest absolute Gasteiger partial charge is 0.236 e. The number of carbonyl (C=O) groups excluding carboxylic acids is 1. The van der Waals surface area contributed by atoms with Gasteiger partial charge in [0, 0.05) is 44.0 Å². The molecule has 1 aromatic carbocycles. The molecule has 7 rings (SSSR count). The molecule has 2 N–H and O–H groups in total. The van der Waals surface area contributed by atoms with Crippen molar-refractivity contribution in [2.24, 2.45) is 0 Å². The summed E-state index contributed by atoms with van der Waals surface area (Å²) >= 11 is 0. The molecule has 0 atom stereocenters. The monoisotopic (exact) mass is 502 g/mol. The molecule has 1 amide bonds. The van der Waals surface area contributed by atoms with Gasteiger partial charge in [-0.2, -0.15) is 0 Å². The van der Waals surface area contributed by atoms with Crippen molar-refractivity contribution in [1.29, 1.82) is 0 Å². The van der Waals surface area contributed by atoms with E-state index in [-0.39, 0.29) is 11.5 Å². The second-order valence-electron chi connectivity index (χ2n) is 11.3. The molecule has 9 heteroatoms. The number of anilines is 1. The van der Waals surface area contributed by atoms with E-state index in [1.807, 2.05) is 24.1 Å². The minimum absolute atomic E-state index is 0.107. The van der Waals surface area contributed by atoms with Crippen molar-refractivity contribution >= 4 is 22.8 Å². The van der Waals surface area contributed by atoms with Gasteiger partial charge in [-0.15, -0.1) is 0 Å². The lowest BCUT2D eigenvalue weighted by Gasteiger charge is -2.46. The summed E-state index contributed by atoms with van der Waals surface area (Å²) in [6.45, 7) is 2.84. The molecule has 5 heterocycles. The number of aromatic nitrogens is 3. The first-order chi connectivity index (χ1) is 18.0. The van der Waals surface area contributed by atoms with Gasteiger partial charge in [0.1, 0.15) is 35.7 Å². The number of nitrogens with zero attached hydrogens (tertiary/aromatic N) is 5. The number of ether oxygens (including phenoxy) is 2. The zero-order chi connectivity index (χ0) is 25.1. The predicted octanol–water partition coefficient (Wildman–Crippen LogP) is 3.25. The molecule has 3 aliphatic heterocycles. The molecule has 37 heavy (non-hydrogen) atoms. The number of carbonyl (C=O) groups is 1. The van der Waals surface area contributed by atoms with E-state index in [4.69, 9.17) is 15.2 Å². The van der Waals surface area contributed by atoms with Gasteiger partial charge in [-0.05, 0) is 56.2 Å². The highest BCUT2D eigenvalue weighted by Crippen LogP contribution is 2.45. The Morgan fingerprint density at radius 3 is 2.76 bits per heavy atom. The lowest BCUT2D eigenvalue weighted by molar-refractivity contribution is -0.136. The molecule has 9 nitrogen and oxygen atoms in total. The molecule has 2 aromatic heterocycles. The fraction of sp³-hybridized carbons (Fsp3) is 0.536. The van der Waals surface area contributed by atoms with Crippen LogP contribution in [0.25, 0.3) is 22.2 Å². The summed E-state index contributed by atoms with van der Waals surface area (Å²) in [7, 11) is 1.88. The molecular weight excluding hydrogens is 468 g/mol. The fourth-order valence-corrected chi connectivity index (χ4v) is 6.63. The normalized spacial score (nSPS) is 29.7. The molecule has 4 aliphatic rings. The standard InChI is InChI=1S/C28H34N6O3/c1-32-9-10-33(15-24(32)35)19-12-20(13-19)34-14-23(25-26(29)30-17-31-27(25)34)18-3-2-4-22(11-18)36-16-28-7-5-21(37-28)6-8-28/h2-4,11,14,17,19-21H,5-10,12-13,15-16H2,1H3,(H2,29,30,31)/t19-,20+,21?,28?. The Bertz CT molecular complexity index is 1340. The Morgan fingerprint density at radius 1 is 1.16 bits per heavy atom. The maximum atomic E-state index is 12.2. The van der Waals surface area contributed by atoms with Gasteiger partial charge in [0.15, 0.2) is 0 Å². The molecule has 0 unspecified atom stereocenters. The number of hydrogen-bond acceptors (Lipinski definition) is 7. The van der Waals surface area contributed by atoms with Crippen LogP contribution in [0.4, 0.5) is 5.82 Å². The Labute approximate surface area is 216 Å². The van der Waals surface area contributed by atoms with Crippen LogP contribution in [0.3, 0.4) is 0 Å². The molecule has 2 bridgehead atoms. The van der Waals surface area contributed by atoms with Crippen molar-refractivity contribution in [3.63, 3.8) is 0 Å². The minimum atomic E-state index is -0.107. The van der Waals surface area contributed by atoms with Crippen molar-refractivity contribution in [3.8, 4) is 16.9 Å². The summed E-state index contributed by atoms with van der Waals surface area (Å²) in [5.41, 5.74) is 9.21. The van der Waals surface area contributed by atoms with Gasteiger partial charge in [-0.1, -0.05) is 12.1 Å². The van der Waals surface area contributed by atoms with Crippen LogP contribution < -0.4 is 10.5 Å². The summed E-state index contributed by atoms with van der Waals surface area (Å²) in [5.74, 6) is 1.53. The number of fused-ring (bicyclic) bond motifs is 3. The molecule has 1 aliphatic carbocycles. The number of hydrogen-bond donors (Lipinski definition) is 1. The lowest BCUT2D eigenvalue weighted by Crippen LogP contribution is -2.55. The van der Waals surface area contributed by atoms with Crippen molar-refractivity contribution in [2.75, 3.05) is 39.0 Å². The van der Waals surface area contributed by atoms with E-state index in [0.717, 1.165) is 79.5 Å². The SMILES string of the molecule is CN1CCN([C@H]2C[C@@H](n3cc(-c4cccc(OCC56CCC(CC5)O6)c4)c4c(N)ncnc43)C2)CC1=O. The summed E-state index contributed by atoms with van der Waals surface area (Å²) in [5, 5.41) is 0.884. The van der Waals surface area contributed by atoms with Gasteiger partial charge in [0.25, 0.3) is 0 Å². The Kier molecular flexibility index (Phi) is 5.40. The molecule has 0 spiro atoms. The summed E-state index contributed by atoms with van der Waals surface area (Å²) in [6.07, 6.45) is 10.6. The van der Waals surface area contributed by atoms with E-state index in [1.165, 1.54) is 0 Å². The average molecular weight is 503 g/mol. The van der Waals surface area contributed by atoms with Crippen LogP contribution in [0.1, 0.15) is 44.6 Å². The topological polar surface area (TPSA) is 98.7 Å². The van der Waals surface area contributed by atoms with Crippen molar-refractivity contribution in [1.82, 2.24) is 24.3 Å². The Balaban J connectivity index is 1.13. The number of nitrogen functional groups attached to an aromatic ring is 1. The highest BCUT2D eigenvalue weighted by molar-refractivity contribution is 6.00. The van der Waals surface area contributed by atoms with Crippen molar-refractivity contribution in [2.45, 2.75) is 62.3 Å². The van der Waals surface area contributed by atoms with Gasteiger partial charge >= 0.3 is 0 Å². The number of amides is 1. The third-order valence-electron chi connectivity index (χ3n) is 9.03. The second kappa shape index (κ2) is 8.70. The van der Waals surface area contributed by atoms with Crippen LogP contribution in [0.15, 0.2) is 36.8 Å². The minimum Gasteiger partial charge on any atom is -0.491 e. The van der Waals surface area contributed by atoms with Gasteiger partial charge < -0.3 is 24.7 Å². The van der Waals surface area contributed by atoms with Gasteiger partial charge in [-0.3, -0.25) is 9.69 Å². The maximum Gasteiger partial charge on any atom is 0.236 e. The zero-order valence-corrected chi connectivity index (χ0v) is 21.3. The van der Waals surface area contributed by atoms with Crippen molar-refractivity contribution < 1.29 is 14.3 Å². The molecule has 4 fully saturated rings. The van der Waals surface area contributed by atoms with Gasteiger partial charge in [0.2, 0.25) is 5.91 Å². The number of piperazine rings is 1. The van der Waals surface area contributed by atoms with Crippen LogP contribution in [-0.2, 0) is 9.53 Å². The molecule has 3 aromatic rings. The predicted molar refractivity (Wildman–Crippen MR) is 140 cm³/mol. The van der Waals surface area contributed by atoms with Crippen LogP contribution in [0.5, 0.6) is 5.75 Å². The van der Waals surface area contributed by atoms with E-state index in [2.05, 4.69) is 37.8 Å². The summed E-state index contributed by atoms with van der Waals surface area (Å²) in [4.78, 5) is 25.3. The first-order valence-electron chi connectivity index (χ1n) is 13.5. The molecule has 0 radical (unpaired) electrons. The maximum absolute atomic E-state index is 12.2. The molecular formula is C28H34N6O3.